The van der Waals surface area contributed by atoms with Gasteiger partial charge in [0.15, 0.2) is 0 Å². The Morgan fingerprint density at radius 1 is 0.925 bits per heavy atom. The Hall–Kier alpha value is -4.49. The first-order valence-electron chi connectivity index (χ1n) is 12.9. The Bertz CT molecular complexity index is 1390. The first kappa shape index (κ1) is 28.5. The summed E-state index contributed by atoms with van der Waals surface area (Å²) in [6.45, 7) is 0.485. The van der Waals surface area contributed by atoms with Crippen LogP contribution < -0.4 is 14.2 Å². The molecule has 0 aliphatic heterocycles. The van der Waals surface area contributed by atoms with Crippen molar-refractivity contribution in [1.82, 2.24) is 0 Å². The van der Waals surface area contributed by atoms with Gasteiger partial charge in [0.25, 0.3) is 0 Å². The van der Waals surface area contributed by atoms with E-state index in [2.05, 4.69) is 0 Å². The SMILES string of the molecule is COC1=CC(C(C(=O)O)c2c(/C=C/c3ccc(OCc4ccccc4)cc3)cc(OC)cc2OC)=CC(OC)C1. The first-order chi connectivity index (χ1) is 19.4. The molecule has 0 heterocycles. The van der Waals surface area contributed by atoms with Crippen LogP contribution in [-0.4, -0.2) is 45.6 Å². The van der Waals surface area contributed by atoms with Gasteiger partial charge in [-0.2, -0.15) is 0 Å². The zero-order valence-corrected chi connectivity index (χ0v) is 23.1. The van der Waals surface area contributed by atoms with Crippen molar-refractivity contribution in [3.8, 4) is 17.2 Å². The number of hydrogen-bond donors (Lipinski definition) is 1. The highest BCUT2D eigenvalue weighted by Crippen LogP contribution is 2.41. The molecule has 2 unspecified atom stereocenters. The van der Waals surface area contributed by atoms with Crippen molar-refractivity contribution in [3.63, 3.8) is 0 Å². The fourth-order valence-corrected chi connectivity index (χ4v) is 4.63. The van der Waals surface area contributed by atoms with Crippen LogP contribution in [0.5, 0.6) is 17.2 Å². The van der Waals surface area contributed by atoms with Crippen LogP contribution in [0.4, 0.5) is 0 Å². The number of carboxylic acid groups (broad SMARTS) is 1. The minimum atomic E-state index is -1.03. The number of methoxy groups -OCH3 is 4. The predicted octanol–water partition coefficient (Wildman–Crippen LogP) is 6.50. The number of rotatable bonds is 12. The molecule has 1 N–H and O–H groups in total. The summed E-state index contributed by atoms with van der Waals surface area (Å²) in [7, 11) is 6.23. The maximum Gasteiger partial charge on any atom is 0.315 e. The van der Waals surface area contributed by atoms with E-state index < -0.39 is 11.9 Å². The normalized spacial score (nSPS) is 15.7. The molecule has 4 rings (SSSR count). The molecule has 208 valence electrons. The highest BCUT2D eigenvalue weighted by atomic mass is 16.5. The van der Waals surface area contributed by atoms with Gasteiger partial charge in [0, 0.05) is 25.2 Å². The number of aliphatic carboxylic acids is 1. The number of ether oxygens (including phenoxy) is 5. The van der Waals surface area contributed by atoms with Gasteiger partial charge < -0.3 is 28.8 Å². The second kappa shape index (κ2) is 13.5. The molecule has 7 nitrogen and oxygen atoms in total. The lowest BCUT2D eigenvalue weighted by Gasteiger charge is -2.26. The molecule has 2 atom stereocenters. The number of carboxylic acids is 1. The van der Waals surface area contributed by atoms with Crippen LogP contribution in [0.25, 0.3) is 12.2 Å². The second-order valence-electron chi connectivity index (χ2n) is 9.24. The molecule has 0 amide bonds. The quantitative estimate of drug-likeness (QED) is 0.262. The van der Waals surface area contributed by atoms with Gasteiger partial charge in [-0.3, -0.25) is 4.79 Å². The summed E-state index contributed by atoms with van der Waals surface area (Å²) >= 11 is 0. The van der Waals surface area contributed by atoms with E-state index in [1.165, 1.54) is 7.11 Å². The first-order valence-corrected chi connectivity index (χ1v) is 12.9. The van der Waals surface area contributed by atoms with Gasteiger partial charge in [0.05, 0.1) is 33.2 Å². The number of carbonyl (C=O) groups is 1. The van der Waals surface area contributed by atoms with E-state index in [0.29, 0.717) is 47.0 Å². The zero-order chi connectivity index (χ0) is 28.5. The summed E-state index contributed by atoms with van der Waals surface area (Å²) in [5.74, 6) is 0.312. The van der Waals surface area contributed by atoms with Crippen LogP contribution in [0.3, 0.4) is 0 Å². The van der Waals surface area contributed by atoms with E-state index in [-0.39, 0.29) is 6.10 Å². The summed E-state index contributed by atoms with van der Waals surface area (Å²) in [5.41, 5.74) is 3.73. The molecule has 0 fully saturated rings. The van der Waals surface area contributed by atoms with E-state index in [4.69, 9.17) is 23.7 Å². The summed E-state index contributed by atoms with van der Waals surface area (Å²) < 4.78 is 28.1. The van der Waals surface area contributed by atoms with Crippen molar-refractivity contribution in [2.24, 2.45) is 0 Å². The Morgan fingerprint density at radius 2 is 1.68 bits per heavy atom. The fourth-order valence-electron chi connectivity index (χ4n) is 4.63. The highest BCUT2D eigenvalue weighted by Gasteiger charge is 2.32. The van der Waals surface area contributed by atoms with Crippen molar-refractivity contribution >= 4 is 18.1 Å². The molecule has 0 aromatic heterocycles. The lowest BCUT2D eigenvalue weighted by molar-refractivity contribution is -0.137. The fraction of sp³-hybridized carbons (Fsp3) is 0.242. The number of allylic oxidation sites excluding steroid dienone is 1. The summed E-state index contributed by atoms with van der Waals surface area (Å²) in [4.78, 5) is 12.8. The van der Waals surface area contributed by atoms with E-state index >= 15 is 0 Å². The Balaban J connectivity index is 1.68. The van der Waals surface area contributed by atoms with E-state index in [1.807, 2.05) is 72.8 Å². The van der Waals surface area contributed by atoms with Gasteiger partial charge in [0.2, 0.25) is 0 Å². The minimum absolute atomic E-state index is 0.303. The number of benzene rings is 3. The molecule has 0 bridgehead atoms. The molecular weight excluding hydrogens is 508 g/mol. The number of hydrogen-bond acceptors (Lipinski definition) is 6. The molecule has 3 aromatic rings. The topological polar surface area (TPSA) is 83.5 Å². The summed E-state index contributed by atoms with van der Waals surface area (Å²) in [6.07, 6.45) is 7.60. The maximum absolute atomic E-state index is 12.8. The molecule has 7 heteroatoms. The third kappa shape index (κ3) is 6.93. The third-order valence-electron chi connectivity index (χ3n) is 6.73. The van der Waals surface area contributed by atoms with Gasteiger partial charge in [-0.05, 0) is 46.5 Å². The maximum atomic E-state index is 12.8. The lowest BCUT2D eigenvalue weighted by Crippen LogP contribution is -2.21. The Labute approximate surface area is 234 Å². The van der Waals surface area contributed by atoms with Crippen molar-refractivity contribution in [1.29, 1.82) is 0 Å². The molecule has 3 aromatic carbocycles. The van der Waals surface area contributed by atoms with Crippen LogP contribution in [0.2, 0.25) is 0 Å². The van der Waals surface area contributed by atoms with Gasteiger partial charge in [0.1, 0.15) is 29.8 Å². The molecule has 0 radical (unpaired) electrons. The second-order valence-corrected chi connectivity index (χ2v) is 9.24. The molecule has 1 aliphatic carbocycles. The van der Waals surface area contributed by atoms with Gasteiger partial charge in [-0.1, -0.05) is 60.7 Å². The van der Waals surface area contributed by atoms with Crippen LogP contribution in [0.15, 0.2) is 90.2 Å². The summed E-state index contributed by atoms with van der Waals surface area (Å²) in [6, 6.07) is 21.2. The van der Waals surface area contributed by atoms with Gasteiger partial charge in [-0.25, -0.2) is 0 Å². The summed E-state index contributed by atoms with van der Waals surface area (Å²) in [5, 5.41) is 10.4. The lowest BCUT2D eigenvalue weighted by atomic mass is 9.83. The van der Waals surface area contributed by atoms with Crippen LogP contribution >= 0.6 is 0 Å². The van der Waals surface area contributed by atoms with Crippen molar-refractivity contribution in [2.75, 3.05) is 28.4 Å². The van der Waals surface area contributed by atoms with Crippen LogP contribution in [0.1, 0.15) is 34.6 Å². The van der Waals surface area contributed by atoms with E-state index in [9.17, 15) is 9.90 Å². The smallest absolute Gasteiger partial charge is 0.315 e. The molecule has 0 saturated carbocycles. The van der Waals surface area contributed by atoms with E-state index in [1.54, 1.807) is 39.5 Å². The average Bonchev–Trinajstić information content (AvgIpc) is 2.99. The molecule has 40 heavy (non-hydrogen) atoms. The standard InChI is InChI=1S/C33H34O7/c1-36-27-17-25(18-28(19-27)37-2)32(33(34)35)31-24(16-29(38-3)20-30(31)39-4)13-10-22-11-14-26(15-12-22)40-21-23-8-6-5-7-9-23/h5-18,20,27,32H,19,21H2,1-4H3,(H,34,35)/b13-10+. The molecular formula is C33H34O7. The van der Waals surface area contributed by atoms with Crippen molar-refractivity contribution in [3.05, 3.63) is 112 Å². The zero-order valence-electron chi connectivity index (χ0n) is 23.1. The minimum Gasteiger partial charge on any atom is -0.501 e. The largest absolute Gasteiger partial charge is 0.501 e. The average molecular weight is 543 g/mol. The predicted molar refractivity (Wildman–Crippen MR) is 155 cm³/mol. The van der Waals surface area contributed by atoms with Crippen LogP contribution in [0, 0.1) is 0 Å². The third-order valence-corrected chi connectivity index (χ3v) is 6.73. The molecule has 1 aliphatic rings. The molecule has 0 saturated heterocycles. The Morgan fingerprint density at radius 3 is 2.30 bits per heavy atom. The van der Waals surface area contributed by atoms with Crippen molar-refractivity contribution in [2.45, 2.75) is 25.0 Å². The monoisotopic (exact) mass is 542 g/mol. The Kier molecular flexibility index (Phi) is 9.65. The van der Waals surface area contributed by atoms with Crippen molar-refractivity contribution < 1.29 is 33.6 Å². The van der Waals surface area contributed by atoms with Gasteiger partial charge in [-0.15, -0.1) is 0 Å². The molecule has 0 spiro atoms. The van der Waals surface area contributed by atoms with E-state index in [0.717, 1.165) is 16.9 Å². The van der Waals surface area contributed by atoms with Gasteiger partial charge >= 0.3 is 5.97 Å². The van der Waals surface area contributed by atoms with Crippen LogP contribution in [-0.2, 0) is 20.9 Å². The highest BCUT2D eigenvalue weighted by molar-refractivity contribution is 5.86.